The molecule has 0 fully saturated rings. The number of rotatable bonds is 3. The van der Waals surface area contributed by atoms with Crippen molar-refractivity contribution in [3.8, 4) is 0 Å². The van der Waals surface area contributed by atoms with Crippen LogP contribution in [-0.4, -0.2) is 21.2 Å². The summed E-state index contributed by atoms with van der Waals surface area (Å²) in [6.07, 6.45) is 0. The molecule has 2 heterocycles. The molecule has 1 aromatic carbocycles. The summed E-state index contributed by atoms with van der Waals surface area (Å²) in [5.74, 6) is -0.185. The largest absolute Gasteiger partial charge is 0.375 e. The van der Waals surface area contributed by atoms with E-state index in [4.69, 9.17) is 5.73 Å². The smallest absolute Gasteiger partial charge is 0.263 e. The van der Waals surface area contributed by atoms with E-state index in [0.29, 0.717) is 33.3 Å². The number of hydrogen-bond donors (Lipinski definition) is 2. The van der Waals surface area contributed by atoms with Gasteiger partial charge in [-0.2, -0.15) is 0 Å². The van der Waals surface area contributed by atoms with Gasteiger partial charge in [0.25, 0.3) is 5.91 Å². The minimum absolute atomic E-state index is 0.185. The molecule has 7 nitrogen and oxygen atoms in total. The van der Waals surface area contributed by atoms with Gasteiger partial charge in [-0.25, -0.2) is 9.61 Å². The van der Waals surface area contributed by atoms with Gasteiger partial charge in [-0.05, 0) is 34.9 Å². The molecule has 3 aromatic rings. The number of nitrogens with zero attached hydrogens (tertiary/aromatic N) is 3. The van der Waals surface area contributed by atoms with Crippen LogP contribution in [0.3, 0.4) is 0 Å². The maximum atomic E-state index is 12.0. The van der Waals surface area contributed by atoms with Gasteiger partial charge in [0.15, 0.2) is 5.13 Å². The Kier molecular flexibility index (Phi) is 3.07. The van der Waals surface area contributed by atoms with Crippen LogP contribution in [0.1, 0.15) is 20.9 Å². The van der Waals surface area contributed by atoms with Gasteiger partial charge >= 0.3 is 0 Å². The van der Waals surface area contributed by atoms with Crippen molar-refractivity contribution in [2.75, 3.05) is 5.73 Å². The molecule has 0 spiro atoms. The van der Waals surface area contributed by atoms with Crippen LogP contribution in [-0.2, 0) is 6.54 Å². The monoisotopic (exact) mass is 289 g/mol. The highest BCUT2D eigenvalue weighted by molar-refractivity contribution is 7.17. The fourth-order valence-corrected chi connectivity index (χ4v) is 2.58. The summed E-state index contributed by atoms with van der Waals surface area (Å²) in [6, 6.07) is 5.48. The van der Waals surface area contributed by atoms with Gasteiger partial charge in [-0.1, -0.05) is 17.4 Å². The van der Waals surface area contributed by atoms with Crippen molar-refractivity contribution in [2.24, 2.45) is 0 Å². The first-order valence-corrected chi connectivity index (χ1v) is 6.67. The number of aromatic nitrogens is 3. The predicted molar refractivity (Wildman–Crippen MR) is 74.2 cm³/mol. The number of amides is 1. The maximum absolute atomic E-state index is 12.0. The molecular formula is C12H11N5O2S. The van der Waals surface area contributed by atoms with E-state index in [-0.39, 0.29) is 5.91 Å². The lowest BCUT2D eigenvalue weighted by atomic mass is 10.2. The number of carbonyl (C=O) groups excluding carboxylic acids is 1. The zero-order valence-electron chi connectivity index (χ0n) is 10.6. The summed E-state index contributed by atoms with van der Waals surface area (Å²) >= 11 is 1.18. The number of carbonyl (C=O) groups is 1. The number of hydrogen-bond acceptors (Lipinski definition) is 7. The topological polar surface area (TPSA) is 107 Å². The zero-order chi connectivity index (χ0) is 14.1. The molecule has 0 bridgehead atoms. The Labute approximate surface area is 117 Å². The van der Waals surface area contributed by atoms with Crippen LogP contribution < -0.4 is 11.1 Å². The number of fused-ring (bicyclic) bond motifs is 1. The van der Waals surface area contributed by atoms with Crippen molar-refractivity contribution in [2.45, 2.75) is 13.5 Å². The highest BCUT2D eigenvalue weighted by atomic mass is 32.1. The number of nitrogens with two attached hydrogens (primary N) is 1. The molecule has 3 rings (SSSR count). The SMILES string of the molecule is Cc1nc(N)sc1C(=O)NCc1ccc2nonc2c1. The van der Waals surface area contributed by atoms with E-state index >= 15 is 0 Å². The van der Waals surface area contributed by atoms with Gasteiger partial charge < -0.3 is 11.1 Å². The molecule has 8 heteroatoms. The quantitative estimate of drug-likeness (QED) is 0.756. The van der Waals surface area contributed by atoms with Crippen molar-refractivity contribution in [3.63, 3.8) is 0 Å². The fourth-order valence-electron chi connectivity index (χ4n) is 1.83. The molecular weight excluding hydrogens is 278 g/mol. The van der Waals surface area contributed by atoms with Crippen molar-refractivity contribution < 1.29 is 9.42 Å². The molecule has 2 aromatic heterocycles. The van der Waals surface area contributed by atoms with Crippen LogP contribution in [0.15, 0.2) is 22.8 Å². The van der Waals surface area contributed by atoms with E-state index in [9.17, 15) is 4.79 Å². The van der Waals surface area contributed by atoms with Crippen LogP contribution >= 0.6 is 11.3 Å². The Balaban J connectivity index is 1.72. The van der Waals surface area contributed by atoms with Crippen LogP contribution in [0.4, 0.5) is 5.13 Å². The Bertz CT molecular complexity index is 779. The average molecular weight is 289 g/mol. The predicted octanol–water partition coefficient (Wildman–Crippen LogP) is 1.50. The Morgan fingerprint density at radius 2 is 2.20 bits per heavy atom. The molecule has 0 aliphatic carbocycles. The van der Waals surface area contributed by atoms with E-state index in [1.165, 1.54) is 11.3 Å². The second kappa shape index (κ2) is 4.89. The first kappa shape index (κ1) is 12.5. The summed E-state index contributed by atoms with van der Waals surface area (Å²) in [4.78, 5) is 16.6. The molecule has 102 valence electrons. The van der Waals surface area contributed by atoms with E-state index in [1.807, 2.05) is 12.1 Å². The Morgan fingerprint density at radius 3 is 2.95 bits per heavy atom. The lowest BCUT2D eigenvalue weighted by Gasteiger charge is -2.03. The van der Waals surface area contributed by atoms with Crippen LogP contribution in [0.5, 0.6) is 0 Å². The molecule has 20 heavy (non-hydrogen) atoms. The third-order valence-corrected chi connectivity index (χ3v) is 3.78. The molecule has 0 aliphatic rings. The third kappa shape index (κ3) is 2.32. The highest BCUT2D eigenvalue weighted by Gasteiger charge is 2.13. The average Bonchev–Trinajstić information content (AvgIpc) is 3.01. The summed E-state index contributed by atoms with van der Waals surface area (Å²) in [6.45, 7) is 2.15. The first-order chi connectivity index (χ1) is 9.63. The molecule has 0 atom stereocenters. The maximum Gasteiger partial charge on any atom is 0.263 e. The molecule has 0 saturated heterocycles. The number of thiazole rings is 1. The molecule has 0 aliphatic heterocycles. The summed E-state index contributed by atoms with van der Waals surface area (Å²) < 4.78 is 4.63. The van der Waals surface area contributed by atoms with E-state index < -0.39 is 0 Å². The summed E-state index contributed by atoms with van der Waals surface area (Å²) in [7, 11) is 0. The van der Waals surface area contributed by atoms with Crippen molar-refractivity contribution in [1.29, 1.82) is 0 Å². The number of benzene rings is 1. The molecule has 3 N–H and O–H groups in total. The Hall–Kier alpha value is -2.48. The van der Waals surface area contributed by atoms with Crippen LogP contribution in [0.25, 0.3) is 11.0 Å². The van der Waals surface area contributed by atoms with Crippen molar-refractivity contribution in [1.82, 2.24) is 20.6 Å². The van der Waals surface area contributed by atoms with Crippen molar-refractivity contribution >= 4 is 33.4 Å². The normalized spacial score (nSPS) is 10.8. The van der Waals surface area contributed by atoms with Gasteiger partial charge in [-0.15, -0.1) is 0 Å². The molecule has 1 amide bonds. The number of nitrogens with one attached hydrogen (secondary N) is 1. The number of anilines is 1. The van der Waals surface area contributed by atoms with Crippen LogP contribution in [0.2, 0.25) is 0 Å². The molecule has 0 saturated carbocycles. The van der Waals surface area contributed by atoms with E-state index in [0.717, 1.165) is 5.56 Å². The van der Waals surface area contributed by atoms with Crippen LogP contribution in [0, 0.1) is 6.92 Å². The fraction of sp³-hybridized carbons (Fsp3) is 0.167. The number of nitrogen functional groups attached to an aromatic ring is 1. The third-order valence-electron chi connectivity index (χ3n) is 2.79. The van der Waals surface area contributed by atoms with Gasteiger partial charge in [0.05, 0.1) is 5.69 Å². The minimum Gasteiger partial charge on any atom is -0.375 e. The van der Waals surface area contributed by atoms with Gasteiger partial charge in [0, 0.05) is 6.54 Å². The second-order valence-corrected chi connectivity index (χ2v) is 5.27. The Morgan fingerprint density at radius 1 is 1.40 bits per heavy atom. The van der Waals surface area contributed by atoms with E-state index in [1.54, 1.807) is 13.0 Å². The first-order valence-electron chi connectivity index (χ1n) is 5.86. The highest BCUT2D eigenvalue weighted by Crippen LogP contribution is 2.19. The lowest BCUT2D eigenvalue weighted by molar-refractivity contribution is 0.0954. The zero-order valence-corrected chi connectivity index (χ0v) is 11.4. The van der Waals surface area contributed by atoms with Crippen molar-refractivity contribution in [3.05, 3.63) is 34.3 Å². The van der Waals surface area contributed by atoms with Gasteiger partial charge in [0.1, 0.15) is 15.9 Å². The van der Waals surface area contributed by atoms with E-state index in [2.05, 4.69) is 25.2 Å². The molecule has 0 radical (unpaired) electrons. The minimum atomic E-state index is -0.185. The standard InChI is InChI=1S/C12H11N5O2S/c1-6-10(20-12(13)15-6)11(18)14-5-7-2-3-8-9(4-7)17-19-16-8/h2-4H,5H2,1H3,(H2,13,15)(H,14,18). The van der Waals surface area contributed by atoms with Gasteiger partial charge in [-0.3, -0.25) is 4.79 Å². The summed E-state index contributed by atoms with van der Waals surface area (Å²) in [5, 5.41) is 10.7. The van der Waals surface area contributed by atoms with Gasteiger partial charge in [0.2, 0.25) is 0 Å². The summed E-state index contributed by atoms with van der Waals surface area (Å²) in [5.41, 5.74) is 8.48. The molecule has 0 unspecified atom stereocenters. The second-order valence-electron chi connectivity index (χ2n) is 4.24. The lowest BCUT2D eigenvalue weighted by Crippen LogP contribution is -2.22. The number of aryl methyl sites for hydroxylation is 1.